The molecular weight excluding hydrogens is 833 g/mol. The van der Waals surface area contributed by atoms with Gasteiger partial charge in [0.05, 0.1) is 0 Å². The Hall–Kier alpha value is -7.17. The molecule has 352 valence electrons. The molecule has 20 N–H and O–H groups in total. The van der Waals surface area contributed by atoms with Crippen molar-refractivity contribution in [2.24, 2.45) is 44.4 Å². The van der Waals surface area contributed by atoms with Gasteiger partial charge in [0.2, 0.25) is 41.4 Å². The summed E-state index contributed by atoms with van der Waals surface area (Å²) < 4.78 is 0. The molecule has 6 atom stereocenters. The third kappa shape index (κ3) is 20.6. The molecule has 23 nitrogen and oxygen atoms in total. The summed E-state index contributed by atoms with van der Waals surface area (Å²) in [5, 5.41) is 35.5. The van der Waals surface area contributed by atoms with Gasteiger partial charge in [0.25, 0.3) is 0 Å². The number of benzene rings is 2. The van der Waals surface area contributed by atoms with E-state index in [9.17, 15) is 43.8 Å². The highest BCUT2D eigenvalue weighted by molar-refractivity contribution is 5.97. The van der Waals surface area contributed by atoms with E-state index < -0.39 is 77.6 Å². The molecule has 0 fully saturated rings. The Balaban J connectivity index is 2.47. The molecule has 0 aliphatic heterocycles. The number of nitrogens with zero attached hydrogens (tertiary/aromatic N) is 2. The number of unbranched alkanes of at least 4 members (excludes halogenated alkanes) is 1. The number of carbonyl (C=O) groups excluding carboxylic acids is 7. The van der Waals surface area contributed by atoms with Crippen LogP contribution in [0.3, 0.4) is 0 Å². The van der Waals surface area contributed by atoms with Gasteiger partial charge in [-0.25, -0.2) is 0 Å². The number of guanidine groups is 2. The van der Waals surface area contributed by atoms with E-state index >= 15 is 0 Å². The number of phenolic OH excluding ortho intramolecular Hbond substituents is 2. The molecule has 0 unspecified atom stereocenters. The highest BCUT2D eigenvalue weighted by Gasteiger charge is 2.33. The first-order chi connectivity index (χ1) is 30.3. The predicted octanol–water partition coefficient (Wildman–Crippen LogP) is -3.45. The van der Waals surface area contributed by atoms with Crippen LogP contribution in [-0.4, -0.2) is 119 Å². The van der Waals surface area contributed by atoms with Gasteiger partial charge in [-0.15, -0.1) is 0 Å². The van der Waals surface area contributed by atoms with Gasteiger partial charge in [0.1, 0.15) is 47.8 Å². The van der Waals surface area contributed by atoms with Crippen LogP contribution >= 0.6 is 0 Å². The van der Waals surface area contributed by atoms with Crippen LogP contribution in [0.15, 0.2) is 58.5 Å². The number of aliphatic imine (C=N–C) groups is 2. The molecule has 7 amide bonds. The van der Waals surface area contributed by atoms with Crippen LogP contribution in [0.25, 0.3) is 0 Å². The summed E-state index contributed by atoms with van der Waals surface area (Å²) in [6.07, 6.45) is 1.55. The summed E-state index contributed by atoms with van der Waals surface area (Å²) in [5.41, 5.74) is 33.8. The maximum atomic E-state index is 14.3. The monoisotopic (exact) mass is 896 g/mol. The fourth-order valence-electron chi connectivity index (χ4n) is 6.22. The number of phenols is 2. The highest BCUT2D eigenvalue weighted by atomic mass is 16.3. The Morgan fingerprint density at radius 3 is 1.30 bits per heavy atom. The van der Waals surface area contributed by atoms with Gasteiger partial charge < -0.3 is 76.5 Å². The normalized spacial score (nSPS) is 13.5. The second-order valence-electron chi connectivity index (χ2n) is 15.1. The van der Waals surface area contributed by atoms with Crippen molar-refractivity contribution in [2.75, 3.05) is 19.6 Å². The minimum Gasteiger partial charge on any atom is -0.508 e. The number of hydrogen-bond acceptors (Lipinski definition) is 12. The van der Waals surface area contributed by atoms with Crippen molar-refractivity contribution < 1.29 is 43.8 Å². The van der Waals surface area contributed by atoms with Crippen molar-refractivity contribution in [2.45, 2.75) is 108 Å². The van der Waals surface area contributed by atoms with Crippen molar-refractivity contribution in [3.63, 3.8) is 0 Å². The van der Waals surface area contributed by atoms with E-state index in [0.29, 0.717) is 30.5 Å². The van der Waals surface area contributed by atoms with E-state index in [1.54, 1.807) is 0 Å². The molecule has 0 aromatic heterocycles. The lowest BCUT2D eigenvalue weighted by Crippen LogP contribution is -2.60. The maximum absolute atomic E-state index is 14.3. The number of primary amides is 1. The quantitative estimate of drug-likeness (QED) is 0.0225. The fraction of sp³-hybridized carbons (Fsp3) is 0.488. The molecule has 2 rings (SSSR count). The largest absolute Gasteiger partial charge is 0.508 e. The maximum Gasteiger partial charge on any atom is 0.243 e. The second kappa shape index (κ2) is 27.7. The summed E-state index contributed by atoms with van der Waals surface area (Å²) in [7, 11) is 0. The van der Waals surface area contributed by atoms with Crippen molar-refractivity contribution in [3.8, 4) is 11.5 Å². The number of nitrogens with one attached hydrogen (secondary N) is 6. The zero-order chi connectivity index (χ0) is 47.8. The number of hydrogen-bond donors (Lipinski definition) is 14. The summed E-state index contributed by atoms with van der Waals surface area (Å²) in [5.74, 6) is -5.69. The Morgan fingerprint density at radius 1 is 0.516 bits per heavy atom. The zero-order valence-corrected chi connectivity index (χ0v) is 36.2. The molecule has 0 saturated heterocycles. The van der Waals surface area contributed by atoms with E-state index in [-0.39, 0.29) is 81.5 Å². The molecule has 0 radical (unpaired) electrons. The highest BCUT2D eigenvalue weighted by Crippen LogP contribution is 2.15. The number of rotatable bonds is 28. The molecule has 0 bridgehead atoms. The third-order valence-corrected chi connectivity index (χ3v) is 9.59. The smallest absolute Gasteiger partial charge is 0.243 e. The average molecular weight is 897 g/mol. The Bertz CT molecular complexity index is 1920. The first-order valence-electron chi connectivity index (χ1n) is 20.7. The number of aromatic hydroxyl groups is 2. The summed E-state index contributed by atoms with van der Waals surface area (Å²) >= 11 is 0. The van der Waals surface area contributed by atoms with Crippen LogP contribution < -0.4 is 66.3 Å². The molecular formula is C41H64N14O9. The van der Waals surface area contributed by atoms with Crippen LogP contribution in [-0.2, 0) is 46.4 Å². The first-order valence-corrected chi connectivity index (χ1v) is 20.7. The van der Waals surface area contributed by atoms with Crippen LogP contribution in [0, 0.1) is 0 Å². The van der Waals surface area contributed by atoms with E-state index in [1.165, 1.54) is 62.4 Å². The Labute approximate surface area is 371 Å². The van der Waals surface area contributed by atoms with E-state index in [2.05, 4.69) is 41.9 Å². The molecule has 2 aromatic carbocycles. The lowest BCUT2D eigenvalue weighted by molar-refractivity contribution is -0.135. The molecule has 2 aromatic rings. The zero-order valence-electron chi connectivity index (χ0n) is 36.2. The second-order valence-corrected chi connectivity index (χ2v) is 15.1. The van der Waals surface area contributed by atoms with E-state index in [4.69, 9.17) is 34.4 Å². The number of amides is 7. The van der Waals surface area contributed by atoms with Crippen molar-refractivity contribution >= 4 is 53.3 Å². The summed E-state index contributed by atoms with van der Waals surface area (Å²) in [4.78, 5) is 101. The van der Waals surface area contributed by atoms with Gasteiger partial charge in [-0.1, -0.05) is 24.3 Å². The summed E-state index contributed by atoms with van der Waals surface area (Å²) in [6.45, 7) is 3.20. The Morgan fingerprint density at radius 2 is 0.891 bits per heavy atom. The van der Waals surface area contributed by atoms with Crippen LogP contribution in [0.4, 0.5) is 0 Å². The van der Waals surface area contributed by atoms with Gasteiger partial charge in [-0.3, -0.25) is 43.5 Å². The van der Waals surface area contributed by atoms with Crippen molar-refractivity contribution in [1.82, 2.24) is 31.9 Å². The average Bonchev–Trinajstić information content (AvgIpc) is 3.23. The molecule has 23 heteroatoms. The molecule has 0 saturated carbocycles. The van der Waals surface area contributed by atoms with E-state index in [1.807, 2.05) is 0 Å². The van der Waals surface area contributed by atoms with Gasteiger partial charge in [-0.2, -0.15) is 0 Å². The molecule has 0 spiro atoms. The Kier molecular flexibility index (Phi) is 22.9. The van der Waals surface area contributed by atoms with Crippen LogP contribution in [0.2, 0.25) is 0 Å². The number of nitrogens with two attached hydrogens (primary N) is 6. The van der Waals surface area contributed by atoms with Crippen molar-refractivity contribution in [3.05, 3.63) is 59.7 Å². The standard InChI is InChI=1S/C41H64N14O9/c1-23(35(60)52-29(34(43)59)7-3-4-18-42)50-36(61)31(9-6-20-49-41(46)47)53-38(63)32(21-25-10-14-27(57)15-11-25)55-39(64)33(22-26-12-16-28(58)17-13-26)54-37(62)30(51-24(2)56)8-5-19-48-40(44)45/h10-17,23,29-33,57-58H,3-9,18-22,42H2,1-2H3,(H2,43,59)(H,50,61)(H,51,56)(H,52,60)(H,53,63)(H,54,62)(H,55,64)(H4,44,45,48)(H4,46,47,49)/t23-,29-,30-,31-,32-,33-/m0/s1. The first kappa shape index (κ1) is 53.0. The molecule has 0 aliphatic rings. The predicted molar refractivity (Wildman–Crippen MR) is 238 cm³/mol. The van der Waals surface area contributed by atoms with Gasteiger partial charge in [0, 0.05) is 32.9 Å². The molecule has 0 aliphatic carbocycles. The minimum absolute atomic E-state index is 0.0428. The van der Waals surface area contributed by atoms with Gasteiger partial charge >= 0.3 is 0 Å². The van der Waals surface area contributed by atoms with Crippen LogP contribution in [0.1, 0.15) is 69.9 Å². The van der Waals surface area contributed by atoms with Crippen LogP contribution in [0.5, 0.6) is 11.5 Å². The lowest BCUT2D eigenvalue weighted by Gasteiger charge is -2.27. The third-order valence-electron chi connectivity index (χ3n) is 9.59. The molecule has 64 heavy (non-hydrogen) atoms. The van der Waals surface area contributed by atoms with E-state index in [0.717, 1.165) is 0 Å². The SMILES string of the molecule is CC(=O)N[C@@H](CCCN=C(N)N)C(=O)N[C@@H](Cc1ccc(O)cc1)C(=O)N[C@@H](Cc1ccc(O)cc1)C(=O)N[C@@H](CCCN=C(N)N)C(=O)N[C@@H](C)C(=O)N[C@@H](CCCCN)C(N)=O. The fourth-order valence-corrected chi connectivity index (χ4v) is 6.22. The summed E-state index contributed by atoms with van der Waals surface area (Å²) in [6, 6.07) is 4.20. The molecule has 0 heterocycles. The number of carbonyl (C=O) groups is 7. The van der Waals surface area contributed by atoms with Gasteiger partial charge in [-0.05, 0) is 93.8 Å². The van der Waals surface area contributed by atoms with Gasteiger partial charge in [0.15, 0.2) is 11.9 Å². The van der Waals surface area contributed by atoms with Crippen molar-refractivity contribution in [1.29, 1.82) is 0 Å². The topological polar surface area (TPSA) is 413 Å². The lowest BCUT2D eigenvalue weighted by atomic mass is 10.0. The minimum atomic E-state index is -1.42.